The fourth-order valence-electron chi connectivity index (χ4n) is 3.34. The smallest absolute Gasteiger partial charge is 0.251 e. The van der Waals surface area contributed by atoms with Crippen LogP contribution in [-0.2, 0) is 4.74 Å². The number of ether oxygens (including phenoxy) is 1. The number of hydrogen-bond donors (Lipinski definition) is 5. The molecule has 3 aromatic rings. The second-order valence-electron chi connectivity index (χ2n) is 6.42. The van der Waals surface area contributed by atoms with E-state index in [1.54, 1.807) is 29.3 Å². The Kier molecular flexibility index (Phi) is 4.77. The number of nitrogens with one attached hydrogen (secondary N) is 1. The number of nitrogen functional groups attached to an aromatic ring is 1. The summed E-state index contributed by atoms with van der Waals surface area (Å²) in [7, 11) is 1.55. The van der Waals surface area contributed by atoms with Crippen LogP contribution in [0.3, 0.4) is 0 Å². The number of nitrogens with zero attached hydrogens (tertiary/aromatic N) is 3. The molecule has 148 valence electrons. The molecule has 11 heteroatoms. The van der Waals surface area contributed by atoms with Gasteiger partial charge in [0.15, 0.2) is 6.23 Å². The highest BCUT2D eigenvalue weighted by atomic mass is 32.1. The predicted octanol–water partition coefficient (Wildman–Crippen LogP) is -0.287. The summed E-state index contributed by atoms with van der Waals surface area (Å²) >= 11 is 1.35. The maximum Gasteiger partial charge on any atom is 0.251 e. The summed E-state index contributed by atoms with van der Waals surface area (Å²) in [5.41, 5.74) is 7.67. The Hall–Kier alpha value is -2.57. The van der Waals surface area contributed by atoms with Crippen molar-refractivity contribution in [1.29, 1.82) is 0 Å². The van der Waals surface area contributed by atoms with Crippen molar-refractivity contribution in [3.63, 3.8) is 0 Å². The lowest BCUT2D eigenvalue weighted by Gasteiger charge is -2.17. The second kappa shape index (κ2) is 7.11. The molecule has 4 heterocycles. The van der Waals surface area contributed by atoms with E-state index in [2.05, 4.69) is 15.3 Å². The number of anilines is 1. The van der Waals surface area contributed by atoms with Gasteiger partial charge in [-0.2, -0.15) is 0 Å². The standard InChI is InChI=1S/C17H19N5O5S/c1-19-16(26)7-2-10(28-5-7)8-3-22(15-11(8)14(18)20-6-21-15)17-13(25)12(24)9(4-23)27-17/h2-3,5-6,9,12-13,17,23-25H,4H2,1H3,(H,19,26)(H2,18,20,21). The Morgan fingerprint density at radius 2 is 2.18 bits per heavy atom. The summed E-state index contributed by atoms with van der Waals surface area (Å²) in [4.78, 5) is 21.0. The van der Waals surface area contributed by atoms with Gasteiger partial charge in [-0.25, -0.2) is 9.97 Å². The molecular formula is C17H19N5O5S. The third-order valence-electron chi connectivity index (χ3n) is 4.78. The molecule has 10 nitrogen and oxygen atoms in total. The van der Waals surface area contributed by atoms with Crippen molar-refractivity contribution in [3.05, 3.63) is 29.5 Å². The van der Waals surface area contributed by atoms with Crippen molar-refractivity contribution in [2.24, 2.45) is 0 Å². The lowest BCUT2D eigenvalue weighted by atomic mass is 10.1. The SMILES string of the molecule is CNC(=O)c1csc(-c2cn(C3OC(CO)C(O)C3O)c3ncnc(N)c23)c1. The first-order valence-electron chi connectivity index (χ1n) is 8.50. The zero-order valence-electron chi connectivity index (χ0n) is 14.8. The van der Waals surface area contributed by atoms with E-state index in [1.165, 1.54) is 17.7 Å². The number of rotatable bonds is 4. The molecule has 1 saturated heterocycles. The molecule has 0 radical (unpaired) electrons. The van der Waals surface area contributed by atoms with Gasteiger partial charge in [-0.15, -0.1) is 11.3 Å². The lowest BCUT2D eigenvalue weighted by Crippen LogP contribution is -2.33. The van der Waals surface area contributed by atoms with Crippen molar-refractivity contribution in [2.75, 3.05) is 19.4 Å². The molecule has 3 aromatic heterocycles. The minimum Gasteiger partial charge on any atom is -0.394 e. The molecule has 6 N–H and O–H groups in total. The molecule has 1 aliphatic heterocycles. The highest BCUT2D eigenvalue weighted by molar-refractivity contribution is 7.14. The van der Waals surface area contributed by atoms with Crippen molar-refractivity contribution in [3.8, 4) is 10.4 Å². The van der Waals surface area contributed by atoms with E-state index in [0.29, 0.717) is 22.2 Å². The maximum atomic E-state index is 11.9. The second-order valence-corrected chi connectivity index (χ2v) is 7.33. The van der Waals surface area contributed by atoms with Gasteiger partial charge >= 0.3 is 0 Å². The average molecular weight is 405 g/mol. The van der Waals surface area contributed by atoms with Gasteiger partial charge in [0, 0.05) is 29.1 Å². The molecule has 28 heavy (non-hydrogen) atoms. The molecular weight excluding hydrogens is 386 g/mol. The highest BCUT2D eigenvalue weighted by Gasteiger charge is 2.44. The molecule has 1 fully saturated rings. The molecule has 1 amide bonds. The number of aliphatic hydroxyl groups is 3. The molecule has 1 aliphatic rings. The molecule has 4 rings (SSSR count). The number of aliphatic hydroxyl groups excluding tert-OH is 3. The van der Waals surface area contributed by atoms with Crippen LogP contribution in [0, 0.1) is 0 Å². The number of aromatic nitrogens is 3. The number of amides is 1. The van der Waals surface area contributed by atoms with Crippen molar-refractivity contribution < 1.29 is 24.9 Å². The quantitative estimate of drug-likeness (QED) is 0.397. The van der Waals surface area contributed by atoms with Crippen LogP contribution in [-0.4, -0.2) is 67.7 Å². The zero-order valence-corrected chi connectivity index (χ0v) is 15.6. The number of thiophene rings is 1. The fraction of sp³-hybridized carbons (Fsp3) is 0.353. The minimum atomic E-state index is -1.26. The fourth-order valence-corrected chi connectivity index (χ4v) is 4.25. The van der Waals surface area contributed by atoms with Gasteiger partial charge < -0.3 is 35.7 Å². The van der Waals surface area contributed by atoms with Gasteiger partial charge in [-0.3, -0.25) is 4.79 Å². The topological polar surface area (TPSA) is 156 Å². The molecule has 0 aliphatic carbocycles. The van der Waals surface area contributed by atoms with Crippen LogP contribution in [0.25, 0.3) is 21.5 Å². The van der Waals surface area contributed by atoms with Crippen molar-refractivity contribution in [2.45, 2.75) is 24.5 Å². The maximum absolute atomic E-state index is 11.9. The number of carbonyl (C=O) groups excluding carboxylic acids is 1. The van der Waals surface area contributed by atoms with E-state index in [4.69, 9.17) is 10.5 Å². The number of carbonyl (C=O) groups is 1. The zero-order chi connectivity index (χ0) is 20.0. The normalized spacial score (nSPS) is 24.7. The summed E-state index contributed by atoms with van der Waals surface area (Å²) in [6.45, 7) is -0.432. The third kappa shape index (κ3) is 2.84. The van der Waals surface area contributed by atoms with Crippen LogP contribution >= 0.6 is 11.3 Å². The van der Waals surface area contributed by atoms with E-state index in [9.17, 15) is 20.1 Å². The van der Waals surface area contributed by atoms with E-state index in [-0.39, 0.29) is 11.7 Å². The number of fused-ring (bicyclic) bond motifs is 1. The van der Waals surface area contributed by atoms with E-state index < -0.39 is 31.1 Å². The first-order chi connectivity index (χ1) is 13.5. The summed E-state index contributed by atoms with van der Waals surface area (Å²) in [5, 5.41) is 34.7. The molecule has 4 unspecified atom stereocenters. The van der Waals surface area contributed by atoms with Gasteiger partial charge in [0.05, 0.1) is 17.6 Å². The first-order valence-corrected chi connectivity index (χ1v) is 9.38. The van der Waals surface area contributed by atoms with Crippen LogP contribution in [0.1, 0.15) is 16.6 Å². The number of nitrogens with two attached hydrogens (primary N) is 1. The van der Waals surface area contributed by atoms with Crippen LogP contribution in [0.5, 0.6) is 0 Å². The summed E-state index contributed by atoms with van der Waals surface area (Å²) in [5.74, 6) is 0.0271. The Bertz CT molecular complexity index is 1030. The molecule has 0 aromatic carbocycles. The van der Waals surface area contributed by atoms with E-state index in [1.807, 2.05) is 0 Å². The van der Waals surface area contributed by atoms with Gasteiger partial charge in [-0.05, 0) is 6.07 Å². The van der Waals surface area contributed by atoms with Crippen LogP contribution in [0.4, 0.5) is 5.82 Å². The van der Waals surface area contributed by atoms with E-state index in [0.717, 1.165) is 4.88 Å². The van der Waals surface area contributed by atoms with Crippen LogP contribution in [0.2, 0.25) is 0 Å². The highest BCUT2D eigenvalue weighted by Crippen LogP contribution is 2.40. The summed E-state index contributed by atoms with van der Waals surface area (Å²) < 4.78 is 7.19. The monoisotopic (exact) mass is 405 g/mol. The van der Waals surface area contributed by atoms with E-state index >= 15 is 0 Å². The van der Waals surface area contributed by atoms with Crippen LogP contribution < -0.4 is 11.1 Å². The molecule has 0 saturated carbocycles. The minimum absolute atomic E-state index is 0.209. The molecule has 4 atom stereocenters. The van der Waals surface area contributed by atoms with Crippen molar-refractivity contribution >= 4 is 34.1 Å². The first kappa shape index (κ1) is 18.8. The van der Waals surface area contributed by atoms with Gasteiger partial charge in [-0.1, -0.05) is 0 Å². The Balaban J connectivity index is 1.85. The molecule has 0 bridgehead atoms. The third-order valence-corrected chi connectivity index (χ3v) is 5.75. The Morgan fingerprint density at radius 1 is 1.39 bits per heavy atom. The molecule has 0 spiro atoms. The van der Waals surface area contributed by atoms with Gasteiger partial charge in [0.2, 0.25) is 0 Å². The van der Waals surface area contributed by atoms with Gasteiger partial charge in [0.1, 0.15) is 36.1 Å². The lowest BCUT2D eigenvalue weighted by molar-refractivity contribution is -0.0508. The van der Waals surface area contributed by atoms with Gasteiger partial charge in [0.25, 0.3) is 5.91 Å². The van der Waals surface area contributed by atoms with Crippen molar-refractivity contribution in [1.82, 2.24) is 19.9 Å². The van der Waals surface area contributed by atoms with Crippen LogP contribution in [0.15, 0.2) is 24.0 Å². The Labute approximate surface area is 163 Å². The predicted molar refractivity (Wildman–Crippen MR) is 102 cm³/mol. The average Bonchev–Trinajstić information content (AvgIpc) is 3.39. The number of hydrogen-bond acceptors (Lipinski definition) is 9. The summed E-state index contributed by atoms with van der Waals surface area (Å²) in [6.07, 6.45) is -1.39. The summed E-state index contributed by atoms with van der Waals surface area (Å²) in [6, 6.07) is 1.73. The largest absolute Gasteiger partial charge is 0.394 e. The Morgan fingerprint density at radius 3 is 2.86 bits per heavy atom.